The number of carbonyl (C=O) groups is 1. The van der Waals surface area contributed by atoms with Crippen molar-refractivity contribution < 1.29 is 9.90 Å². The topological polar surface area (TPSA) is 40.5 Å². The molecule has 2 aliphatic heterocycles. The molecule has 0 spiro atoms. The van der Waals surface area contributed by atoms with Crippen molar-refractivity contribution in [2.75, 3.05) is 0 Å². The predicted molar refractivity (Wildman–Crippen MR) is 65.8 cm³/mol. The number of hydrogen-bond acceptors (Lipinski definition) is 2. The van der Waals surface area contributed by atoms with E-state index in [1.54, 1.807) is 0 Å². The fourth-order valence-corrected chi connectivity index (χ4v) is 4.64. The molecule has 3 aliphatic rings. The molecule has 4 unspecified atom stereocenters. The quantitative estimate of drug-likeness (QED) is 0.802. The van der Waals surface area contributed by atoms with Gasteiger partial charge < -0.3 is 5.11 Å². The Balaban J connectivity index is 1.83. The van der Waals surface area contributed by atoms with Crippen LogP contribution in [0, 0.1) is 11.3 Å². The Hall–Kier alpha value is -0.570. The fourth-order valence-electron chi connectivity index (χ4n) is 4.64. The maximum atomic E-state index is 11.3. The summed E-state index contributed by atoms with van der Waals surface area (Å²) in [5.74, 6) is -0.664. The van der Waals surface area contributed by atoms with E-state index in [4.69, 9.17) is 0 Å². The SMILES string of the molecule is CC1(C)CCCC1N1C2CCC1C(C(=O)O)C2. The van der Waals surface area contributed by atoms with Gasteiger partial charge in [0.15, 0.2) is 0 Å². The zero-order chi connectivity index (χ0) is 12.2. The minimum absolute atomic E-state index is 0.0925. The molecule has 1 N–H and O–H groups in total. The summed E-state index contributed by atoms with van der Waals surface area (Å²) in [6.07, 6.45) is 7.10. The molecule has 2 saturated heterocycles. The molecule has 3 nitrogen and oxygen atoms in total. The van der Waals surface area contributed by atoms with Gasteiger partial charge in [0.2, 0.25) is 0 Å². The van der Waals surface area contributed by atoms with Crippen molar-refractivity contribution in [1.82, 2.24) is 4.90 Å². The molecule has 2 heterocycles. The highest BCUT2D eigenvalue weighted by atomic mass is 16.4. The largest absolute Gasteiger partial charge is 0.481 e. The Labute approximate surface area is 103 Å². The maximum Gasteiger partial charge on any atom is 0.308 e. The van der Waals surface area contributed by atoms with Crippen LogP contribution in [0.3, 0.4) is 0 Å². The lowest BCUT2D eigenvalue weighted by atomic mass is 9.86. The first kappa shape index (κ1) is 11.5. The van der Waals surface area contributed by atoms with Crippen LogP contribution in [-0.2, 0) is 4.79 Å². The van der Waals surface area contributed by atoms with E-state index >= 15 is 0 Å². The Bertz CT molecular complexity index is 339. The van der Waals surface area contributed by atoms with E-state index in [0.717, 1.165) is 12.8 Å². The molecule has 3 fully saturated rings. The molecule has 96 valence electrons. The normalized spacial score (nSPS) is 44.4. The van der Waals surface area contributed by atoms with Crippen molar-refractivity contribution >= 4 is 5.97 Å². The molecule has 0 aromatic carbocycles. The third-order valence-electron chi connectivity index (χ3n) is 5.47. The second-order valence-electron chi connectivity index (χ2n) is 6.82. The highest BCUT2D eigenvalue weighted by Gasteiger charge is 2.54. The zero-order valence-corrected chi connectivity index (χ0v) is 10.9. The van der Waals surface area contributed by atoms with Crippen LogP contribution in [-0.4, -0.2) is 34.1 Å². The average molecular weight is 237 g/mol. The number of hydrogen-bond donors (Lipinski definition) is 1. The van der Waals surface area contributed by atoms with Crippen molar-refractivity contribution in [3.05, 3.63) is 0 Å². The molecule has 0 radical (unpaired) electrons. The number of carboxylic acids is 1. The lowest BCUT2D eigenvalue weighted by Crippen LogP contribution is -2.46. The summed E-state index contributed by atoms with van der Waals surface area (Å²) in [6, 6.07) is 1.52. The molecule has 2 bridgehead atoms. The summed E-state index contributed by atoms with van der Waals surface area (Å²) < 4.78 is 0. The lowest BCUT2D eigenvalue weighted by molar-refractivity contribution is -0.142. The van der Waals surface area contributed by atoms with Crippen molar-refractivity contribution in [2.45, 2.75) is 70.5 Å². The van der Waals surface area contributed by atoms with Gasteiger partial charge in [-0.1, -0.05) is 20.3 Å². The molecule has 0 aromatic rings. The Morgan fingerprint density at radius 1 is 1.29 bits per heavy atom. The van der Waals surface area contributed by atoms with Crippen LogP contribution in [0.1, 0.15) is 52.4 Å². The highest BCUT2D eigenvalue weighted by Crippen LogP contribution is 2.50. The van der Waals surface area contributed by atoms with Crippen LogP contribution in [0.4, 0.5) is 0 Å². The Morgan fingerprint density at radius 2 is 2.06 bits per heavy atom. The Kier molecular flexibility index (Phi) is 2.51. The van der Waals surface area contributed by atoms with Crippen LogP contribution in [0.5, 0.6) is 0 Å². The van der Waals surface area contributed by atoms with E-state index in [9.17, 15) is 9.90 Å². The fraction of sp³-hybridized carbons (Fsp3) is 0.929. The summed E-state index contributed by atoms with van der Waals surface area (Å²) in [5, 5.41) is 9.30. The van der Waals surface area contributed by atoms with Gasteiger partial charge in [0, 0.05) is 18.1 Å². The Morgan fingerprint density at radius 3 is 2.59 bits per heavy atom. The van der Waals surface area contributed by atoms with E-state index in [-0.39, 0.29) is 5.92 Å². The zero-order valence-electron chi connectivity index (χ0n) is 10.9. The number of carboxylic acid groups (broad SMARTS) is 1. The van der Waals surface area contributed by atoms with E-state index in [0.29, 0.717) is 23.5 Å². The molecular formula is C14H23NO2. The standard InChI is InChI=1S/C14H23NO2/c1-14(2)7-3-4-12(14)15-9-5-6-11(15)10(8-9)13(16)17/h9-12H,3-8H2,1-2H3,(H,16,17). The van der Waals surface area contributed by atoms with Crippen molar-refractivity contribution in [3.8, 4) is 0 Å². The summed E-state index contributed by atoms with van der Waals surface area (Å²) in [7, 11) is 0. The number of fused-ring (bicyclic) bond motifs is 2. The molecule has 3 heteroatoms. The van der Waals surface area contributed by atoms with Crippen LogP contribution >= 0.6 is 0 Å². The summed E-state index contributed by atoms with van der Waals surface area (Å²) >= 11 is 0. The molecule has 1 saturated carbocycles. The van der Waals surface area contributed by atoms with Crippen LogP contribution < -0.4 is 0 Å². The van der Waals surface area contributed by atoms with Gasteiger partial charge in [-0.2, -0.15) is 0 Å². The molecule has 0 aromatic heterocycles. The number of aliphatic carboxylic acids is 1. The summed E-state index contributed by atoms with van der Waals surface area (Å²) in [4.78, 5) is 13.9. The predicted octanol–water partition coefficient (Wildman–Crippen LogP) is 2.50. The van der Waals surface area contributed by atoms with Gasteiger partial charge in [-0.05, 0) is 37.5 Å². The molecule has 17 heavy (non-hydrogen) atoms. The monoisotopic (exact) mass is 237 g/mol. The van der Waals surface area contributed by atoms with Gasteiger partial charge >= 0.3 is 5.97 Å². The third kappa shape index (κ3) is 1.62. The van der Waals surface area contributed by atoms with Gasteiger partial charge in [0.05, 0.1) is 5.92 Å². The first-order valence-corrected chi connectivity index (χ1v) is 7.01. The van der Waals surface area contributed by atoms with E-state index in [1.807, 2.05) is 0 Å². The average Bonchev–Trinajstić information content (AvgIpc) is 2.89. The van der Waals surface area contributed by atoms with Gasteiger partial charge in [-0.25, -0.2) is 0 Å². The van der Waals surface area contributed by atoms with E-state index in [1.165, 1.54) is 25.7 Å². The van der Waals surface area contributed by atoms with E-state index < -0.39 is 5.97 Å². The first-order valence-electron chi connectivity index (χ1n) is 7.01. The minimum atomic E-state index is -0.571. The van der Waals surface area contributed by atoms with Gasteiger partial charge in [0.25, 0.3) is 0 Å². The molecule has 4 atom stereocenters. The molecular weight excluding hydrogens is 214 g/mol. The highest BCUT2D eigenvalue weighted by molar-refractivity contribution is 5.71. The third-order valence-corrected chi connectivity index (χ3v) is 5.47. The summed E-state index contributed by atoms with van der Waals surface area (Å²) in [6.45, 7) is 4.72. The van der Waals surface area contributed by atoms with E-state index in [2.05, 4.69) is 18.7 Å². The van der Waals surface area contributed by atoms with Crippen molar-refractivity contribution in [3.63, 3.8) is 0 Å². The maximum absolute atomic E-state index is 11.3. The molecule has 3 rings (SSSR count). The van der Waals surface area contributed by atoms with Crippen LogP contribution in [0.2, 0.25) is 0 Å². The molecule has 1 aliphatic carbocycles. The van der Waals surface area contributed by atoms with Gasteiger partial charge in [-0.3, -0.25) is 9.69 Å². The second-order valence-corrected chi connectivity index (χ2v) is 6.82. The summed E-state index contributed by atoms with van der Waals surface area (Å²) in [5.41, 5.74) is 0.383. The minimum Gasteiger partial charge on any atom is -0.481 e. The van der Waals surface area contributed by atoms with Gasteiger partial charge in [0.1, 0.15) is 0 Å². The van der Waals surface area contributed by atoms with Crippen molar-refractivity contribution in [1.29, 1.82) is 0 Å². The van der Waals surface area contributed by atoms with Crippen LogP contribution in [0.15, 0.2) is 0 Å². The number of rotatable bonds is 2. The first-order chi connectivity index (χ1) is 8.00. The number of nitrogens with zero attached hydrogens (tertiary/aromatic N) is 1. The second kappa shape index (κ2) is 3.71. The smallest absolute Gasteiger partial charge is 0.308 e. The molecule has 0 amide bonds. The van der Waals surface area contributed by atoms with Gasteiger partial charge in [-0.15, -0.1) is 0 Å². The van der Waals surface area contributed by atoms with Crippen LogP contribution in [0.25, 0.3) is 0 Å². The lowest BCUT2D eigenvalue weighted by Gasteiger charge is -2.38. The van der Waals surface area contributed by atoms with Crippen molar-refractivity contribution in [2.24, 2.45) is 11.3 Å².